The van der Waals surface area contributed by atoms with Gasteiger partial charge in [0.05, 0.1) is 6.04 Å². The fraction of sp³-hybridized carbons (Fsp3) is 0.528. The van der Waals surface area contributed by atoms with E-state index in [1.165, 1.54) is 24.6 Å². The number of rotatable bonds is 7. The summed E-state index contributed by atoms with van der Waals surface area (Å²) in [7, 11) is 2.20. The third kappa shape index (κ3) is 5.47. The SMILES string of the molecule is CC(C)C1=C(C(=O)N2[C@H](C)CC[C@H]2C(=O)N2CC[C@H](N(C)C3CC3)C2)SC2=N[C@@](C)(c3ccc(Cl)cc3)[C@@H](c3ccc(Cl)cc3)N21. The van der Waals surface area contributed by atoms with Crippen molar-refractivity contribution in [2.45, 2.75) is 95.5 Å². The molecule has 0 spiro atoms. The van der Waals surface area contributed by atoms with Crippen LogP contribution in [0, 0.1) is 5.92 Å². The first kappa shape index (κ1) is 32.0. The van der Waals surface area contributed by atoms with Crippen molar-refractivity contribution in [2.24, 2.45) is 10.9 Å². The van der Waals surface area contributed by atoms with E-state index in [-0.39, 0.29) is 29.8 Å². The molecule has 0 N–H and O–H groups in total. The second kappa shape index (κ2) is 12.2. The Balaban J connectivity index is 1.22. The molecule has 2 aromatic carbocycles. The average Bonchev–Trinajstić information content (AvgIpc) is 3.32. The third-order valence-electron chi connectivity index (χ3n) is 10.7. The molecule has 0 bridgehead atoms. The van der Waals surface area contributed by atoms with E-state index in [1.807, 2.05) is 46.2 Å². The van der Waals surface area contributed by atoms with Crippen LogP contribution in [0.5, 0.6) is 0 Å². The zero-order valence-corrected chi connectivity index (χ0v) is 29.6. The molecule has 2 aromatic rings. The fourth-order valence-electron chi connectivity index (χ4n) is 8.02. The van der Waals surface area contributed by atoms with Crippen LogP contribution in [0.1, 0.15) is 77.0 Å². The number of carbonyl (C=O) groups is 2. The number of nitrogens with zero attached hydrogens (tertiary/aromatic N) is 5. The zero-order valence-electron chi connectivity index (χ0n) is 27.2. The molecular weight excluding hydrogens is 637 g/mol. The number of amidine groups is 1. The van der Waals surface area contributed by atoms with E-state index >= 15 is 0 Å². The molecule has 5 atom stereocenters. The molecule has 7 rings (SSSR count). The van der Waals surface area contributed by atoms with E-state index in [2.05, 4.69) is 56.7 Å². The minimum Gasteiger partial charge on any atom is -0.339 e. The number of likely N-dealkylation sites (tertiary alicyclic amines) is 2. The molecule has 4 aliphatic heterocycles. The second-order valence-electron chi connectivity index (χ2n) is 14.1. The van der Waals surface area contributed by atoms with Gasteiger partial charge in [0.25, 0.3) is 5.91 Å². The Labute approximate surface area is 287 Å². The standard InChI is InChI=1S/C36H43Cl2N5O2S/c1-21(2)30-31(34(45)42-22(3)6-17-29(42)33(44)41-19-18-28(20-41)40(5)27-15-16-27)46-35-39-36(4,24-9-13-26(38)14-10-24)32(43(30)35)23-7-11-25(37)12-8-23/h7-14,21-22,27-29,32H,6,15-20H2,1-5H3/t22-,28+,29+,32-,36+/m1/s1. The highest BCUT2D eigenvalue weighted by Crippen LogP contribution is 2.56. The summed E-state index contributed by atoms with van der Waals surface area (Å²) < 4.78 is 0. The molecule has 5 aliphatic rings. The number of allylic oxidation sites excluding steroid dienone is 1. The number of amides is 2. The maximum absolute atomic E-state index is 14.7. The van der Waals surface area contributed by atoms with Crippen LogP contribution < -0.4 is 0 Å². The van der Waals surface area contributed by atoms with Crippen LogP contribution in [0.25, 0.3) is 0 Å². The highest BCUT2D eigenvalue weighted by molar-refractivity contribution is 8.18. The number of halogens is 2. The Bertz CT molecular complexity index is 1590. The molecule has 7 nitrogen and oxygen atoms in total. The van der Waals surface area contributed by atoms with Gasteiger partial charge in [-0.2, -0.15) is 0 Å². The van der Waals surface area contributed by atoms with Gasteiger partial charge in [-0.05, 0) is 106 Å². The lowest BCUT2D eigenvalue weighted by molar-refractivity contribution is -0.142. The van der Waals surface area contributed by atoms with Gasteiger partial charge in [0.1, 0.15) is 16.5 Å². The first-order valence-corrected chi connectivity index (χ1v) is 18.2. The van der Waals surface area contributed by atoms with Gasteiger partial charge in [-0.1, -0.05) is 61.3 Å². The number of likely N-dealkylation sites (N-methyl/N-ethyl adjacent to an activating group) is 1. The van der Waals surface area contributed by atoms with Gasteiger partial charge in [0.15, 0.2) is 5.17 Å². The van der Waals surface area contributed by atoms with Gasteiger partial charge in [0, 0.05) is 47.0 Å². The van der Waals surface area contributed by atoms with Gasteiger partial charge in [-0.15, -0.1) is 0 Å². The Morgan fingerprint density at radius 3 is 2.24 bits per heavy atom. The molecule has 244 valence electrons. The van der Waals surface area contributed by atoms with E-state index in [9.17, 15) is 9.59 Å². The number of fused-ring (bicyclic) bond motifs is 1. The summed E-state index contributed by atoms with van der Waals surface area (Å²) in [5.74, 6) is 0.0974. The predicted molar refractivity (Wildman–Crippen MR) is 187 cm³/mol. The molecule has 3 fully saturated rings. The quantitative estimate of drug-likeness (QED) is 0.307. The summed E-state index contributed by atoms with van der Waals surface area (Å²) in [4.78, 5) is 43.5. The summed E-state index contributed by atoms with van der Waals surface area (Å²) in [6, 6.07) is 16.3. The van der Waals surface area contributed by atoms with Crippen LogP contribution in [0.3, 0.4) is 0 Å². The molecule has 1 aliphatic carbocycles. The van der Waals surface area contributed by atoms with E-state index in [4.69, 9.17) is 28.2 Å². The number of thioether (sulfide) groups is 1. The van der Waals surface area contributed by atoms with Gasteiger partial charge in [0.2, 0.25) is 5.91 Å². The summed E-state index contributed by atoms with van der Waals surface area (Å²) >= 11 is 14.1. The van der Waals surface area contributed by atoms with Crippen LogP contribution in [0.15, 0.2) is 64.1 Å². The number of hydrogen-bond acceptors (Lipinski definition) is 6. The minimum absolute atomic E-state index is 0.0146. The molecule has 2 saturated heterocycles. The number of carbonyl (C=O) groups excluding carboxylic acids is 2. The topological polar surface area (TPSA) is 59.5 Å². The first-order valence-electron chi connectivity index (χ1n) is 16.6. The highest BCUT2D eigenvalue weighted by Gasteiger charge is 2.54. The van der Waals surface area contributed by atoms with Crippen LogP contribution in [0.2, 0.25) is 10.0 Å². The van der Waals surface area contributed by atoms with Gasteiger partial charge >= 0.3 is 0 Å². The molecule has 46 heavy (non-hydrogen) atoms. The minimum atomic E-state index is -0.630. The van der Waals surface area contributed by atoms with Crippen molar-refractivity contribution in [2.75, 3.05) is 20.1 Å². The zero-order chi connectivity index (χ0) is 32.5. The van der Waals surface area contributed by atoms with E-state index in [0.717, 1.165) is 47.9 Å². The largest absolute Gasteiger partial charge is 0.339 e. The fourth-order valence-corrected chi connectivity index (χ4v) is 9.62. The Morgan fingerprint density at radius 1 is 0.957 bits per heavy atom. The van der Waals surface area contributed by atoms with E-state index in [0.29, 0.717) is 33.5 Å². The maximum atomic E-state index is 14.7. The summed E-state index contributed by atoms with van der Waals surface area (Å²) in [5, 5.41) is 2.16. The molecule has 0 aromatic heterocycles. The van der Waals surface area contributed by atoms with E-state index in [1.54, 1.807) is 0 Å². The van der Waals surface area contributed by atoms with Crippen molar-refractivity contribution in [1.82, 2.24) is 19.6 Å². The lowest BCUT2D eigenvalue weighted by Crippen LogP contribution is -2.50. The molecule has 0 unspecified atom stereocenters. The average molecular weight is 681 g/mol. The molecule has 10 heteroatoms. The van der Waals surface area contributed by atoms with Crippen molar-refractivity contribution in [1.29, 1.82) is 0 Å². The monoisotopic (exact) mass is 679 g/mol. The van der Waals surface area contributed by atoms with Crippen LogP contribution in [-0.4, -0.2) is 80.9 Å². The maximum Gasteiger partial charge on any atom is 0.263 e. The Hall–Kier alpha value is -2.52. The number of benzene rings is 2. The molecule has 4 heterocycles. The predicted octanol–water partition coefficient (Wildman–Crippen LogP) is 7.31. The second-order valence-corrected chi connectivity index (χ2v) is 16.0. The van der Waals surface area contributed by atoms with Crippen molar-refractivity contribution < 1.29 is 9.59 Å². The molecule has 1 saturated carbocycles. The van der Waals surface area contributed by atoms with Gasteiger partial charge in [-0.25, -0.2) is 4.99 Å². The molecule has 0 radical (unpaired) electrons. The summed E-state index contributed by atoms with van der Waals surface area (Å²) in [5.41, 5.74) is 2.44. The van der Waals surface area contributed by atoms with Crippen molar-refractivity contribution in [3.63, 3.8) is 0 Å². The van der Waals surface area contributed by atoms with Crippen molar-refractivity contribution in [3.8, 4) is 0 Å². The lowest BCUT2D eigenvalue weighted by Gasteiger charge is -2.37. The Kier molecular flexibility index (Phi) is 8.48. The van der Waals surface area contributed by atoms with Crippen LogP contribution in [0.4, 0.5) is 0 Å². The normalized spacial score (nSPS) is 29.4. The van der Waals surface area contributed by atoms with Gasteiger partial charge < -0.3 is 14.7 Å². The van der Waals surface area contributed by atoms with Crippen molar-refractivity contribution >= 4 is 51.9 Å². The molecular formula is C36H43Cl2N5O2S. The highest BCUT2D eigenvalue weighted by atomic mass is 35.5. The van der Waals surface area contributed by atoms with Crippen LogP contribution >= 0.6 is 35.0 Å². The Morgan fingerprint density at radius 2 is 1.61 bits per heavy atom. The smallest absolute Gasteiger partial charge is 0.263 e. The number of aliphatic imine (C=N–C) groups is 1. The molecule has 2 amide bonds. The first-order chi connectivity index (χ1) is 22.0. The lowest BCUT2D eigenvalue weighted by atomic mass is 9.81. The van der Waals surface area contributed by atoms with Gasteiger partial charge in [-0.3, -0.25) is 14.5 Å². The summed E-state index contributed by atoms with van der Waals surface area (Å²) in [6.45, 7) is 10.0. The summed E-state index contributed by atoms with van der Waals surface area (Å²) in [6.07, 6.45) is 5.04. The van der Waals surface area contributed by atoms with Crippen molar-refractivity contribution in [3.05, 3.63) is 80.3 Å². The third-order valence-corrected chi connectivity index (χ3v) is 12.3. The van der Waals surface area contributed by atoms with E-state index < -0.39 is 11.6 Å². The number of hydrogen-bond donors (Lipinski definition) is 0. The van der Waals surface area contributed by atoms with Crippen LogP contribution in [-0.2, 0) is 15.1 Å².